The van der Waals surface area contributed by atoms with Crippen LogP contribution in [0.25, 0.3) is 0 Å². The van der Waals surface area contributed by atoms with Gasteiger partial charge in [0.1, 0.15) is 5.82 Å². The molecule has 0 aliphatic rings. The minimum atomic E-state index is -4.30. The monoisotopic (exact) mass is 296 g/mol. The number of hydrogen-bond donors (Lipinski definition) is 0. The van der Waals surface area contributed by atoms with Gasteiger partial charge in [0.25, 0.3) is 0 Å². The third-order valence-electron chi connectivity index (χ3n) is 3.39. The Morgan fingerprint density at radius 3 is 2.19 bits per heavy atom. The van der Waals surface area contributed by atoms with Crippen molar-refractivity contribution in [3.05, 3.63) is 70.5 Å². The van der Waals surface area contributed by atoms with E-state index in [1.54, 1.807) is 6.07 Å². The number of benzene rings is 2. The van der Waals surface area contributed by atoms with Gasteiger partial charge in [-0.15, -0.1) is 0 Å². The molecule has 0 atom stereocenters. The number of aryl methyl sites for hydroxylation is 3. The van der Waals surface area contributed by atoms with Crippen molar-refractivity contribution in [1.29, 1.82) is 0 Å². The lowest BCUT2D eigenvalue weighted by molar-refractivity contribution is -0.137. The van der Waals surface area contributed by atoms with Crippen molar-refractivity contribution >= 4 is 0 Å². The van der Waals surface area contributed by atoms with Crippen LogP contribution in [0, 0.1) is 12.7 Å². The highest BCUT2D eigenvalue weighted by molar-refractivity contribution is 5.26. The second-order valence-electron chi connectivity index (χ2n) is 5.14. The van der Waals surface area contributed by atoms with Crippen LogP contribution in [0.5, 0.6) is 0 Å². The summed E-state index contributed by atoms with van der Waals surface area (Å²) in [5.74, 6) is -0.229. The van der Waals surface area contributed by atoms with Crippen molar-refractivity contribution in [1.82, 2.24) is 0 Å². The van der Waals surface area contributed by atoms with Gasteiger partial charge in [-0.2, -0.15) is 13.2 Å². The largest absolute Gasteiger partial charge is 0.416 e. The summed E-state index contributed by atoms with van der Waals surface area (Å²) in [6, 6.07) is 10.1. The van der Waals surface area contributed by atoms with Gasteiger partial charge >= 0.3 is 6.18 Å². The van der Waals surface area contributed by atoms with Crippen molar-refractivity contribution in [2.24, 2.45) is 0 Å². The first-order valence-corrected chi connectivity index (χ1v) is 6.77. The molecule has 0 radical (unpaired) electrons. The van der Waals surface area contributed by atoms with Gasteiger partial charge in [-0.05, 0) is 55.5 Å². The normalized spacial score (nSPS) is 11.7. The lowest BCUT2D eigenvalue weighted by Crippen LogP contribution is -2.04. The van der Waals surface area contributed by atoms with Crippen molar-refractivity contribution in [2.45, 2.75) is 32.4 Å². The molecule has 0 aliphatic carbocycles. The molecule has 0 unspecified atom stereocenters. The molecule has 2 aromatic carbocycles. The third kappa shape index (κ3) is 4.31. The Labute approximate surface area is 121 Å². The van der Waals surface area contributed by atoms with Crippen molar-refractivity contribution < 1.29 is 17.6 Å². The summed E-state index contributed by atoms with van der Waals surface area (Å²) in [6.07, 6.45) is -2.39. The van der Waals surface area contributed by atoms with Gasteiger partial charge < -0.3 is 0 Å². The predicted octanol–water partition coefficient (Wildman–Crippen LogP) is 5.33. The summed E-state index contributed by atoms with van der Waals surface area (Å²) in [7, 11) is 0. The lowest BCUT2D eigenvalue weighted by atomic mass is 10.0. The molecule has 0 amide bonds. The van der Waals surface area contributed by atoms with E-state index in [0.717, 1.165) is 23.3 Å². The van der Waals surface area contributed by atoms with Crippen molar-refractivity contribution in [2.75, 3.05) is 0 Å². The first-order chi connectivity index (χ1) is 9.86. The Morgan fingerprint density at radius 2 is 1.57 bits per heavy atom. The fourth-order valence-corrected chi connectivity index (χ4v) is 2.24. The average molecular weight is 296 g/mol. The van der Waals surface area contributed by atoms with E-state index in [4.69, 9.17) is 0 Å². The highest BCUT2D eigenvalue weighted by Gasteiger charge is 2.29. The quantitative estimate of drug-likeness (QED) is 0.669. The molecule has 0 N–H and O–H groups in total. The molecular weight excluding hydrogens is 280 g/mol. The molecule has 2 aromatic rings. The molecule has 0 fully saturated rings. The maximum absolute atomic E-state index is 13.6. The van der Waals surface area contributed by atoms with Crippen LogP contribution in [-0.2, 0) is 19.0 Å². The van der Waals surface area contributed by atoms with Gasteiger partial charge in [0.2, 0.25) is 0 Å². The van der Waals surface area contributed by atoms with Crippen LogP contribution in [0.3, 0.4) is 0 Å². The first kappa shape index (κ1) is 15.5. The van der Waals surface area contributed by atoms with Gasteiger partial charge in [0.15, 0.2) is 0 Å². The summed E-state index contributed by atoms with van der Waals surface area (Å²) >= 11 is 0. The zero-order valence-electron chi connectivity index (χ0n) is 11.7. The van der Waals surface area contributed by atoms with E-state index in [1.807, 2.05) is 13.0 Å². The predicted molar refractivity (Wildman–Crippen MR) is 74.6 cm³/mol. The Bertz CT molecular complexity index is 597. The van der Waals surface area contributed by atoms with E-state index >= 15 is 0 Å². The minimum Gasteiger partial charge on any atom is -0.207 e. The van der Waals surface area contributed by atoms with Crippen LogP contribution in [0.4, 0.5) is 17.6 Å². The highest BCUT2D eigenvalue weighted by Crippen LogP contribution is 2.29. The maximum atomic E-state index is 13.6. The van der Waals surface area contributed by atoms with Crippen LogP contribution in [0.15, 0.2) is 42.5 Å². The standard InChI is InChI=1S/C17H16F4/c1-12-5-10-16(18)14(11-12)4-2-3-13-6-8-15(9-7-13)17(19,20)21/h5-11H,2-4H2,1H3. The van der Waals surface area contributed by atoms with E-state index < -0.39 is 11.7 Å². The zero-order valence-corrected chi connectivity index (χ0v) is 11.7. The first-order valence-electron chi connectivity index (χ1n) is 6.77. The summed E-state index contributed by atoms with van der Waals surface area (Å²) in [5.41, 5.74) is 1.84. The fraction of sp³-hybridized carbons (Fsp3) is 0.294. The molecule has 0 bridgehead atoms. The summed E-state index contributed by atoms with van der Waals surface area (Å²) < 4.78 is 50.9. The maximum Gasteiger partial charge on any atom is 0.416 e. The topological polar surface area (TPSA) is 0 Å². The molecule has 2 rings (SSSR count). The number of hydrogen-bond acceptors (Lipinski definition) is 0. The van der Waals surface area contributed by atoms with E-state index in [1.165, 1.54) is 18.2 Å². The summed E-state index contributed by atoms with van der Waals surface area (Å²) in [5, 5.41) is 0. The number of alkyl halides is 3. The van der Waals surface area contributed by atoms with Crippen LogP contribution < -0.4 is 0 Å². The molecule has 112 valence electrons. The average Bonchev–Trinajstić information content (AvgIpc) is 2.42. The molecule has 0 aliphatic heterocycles. The molecule has 0 spiro atoms. The van der Waals surface area contributed by atoms with Crippen LogP contribution in [-0.4, -0.2) is 0 Å². The molecular formula is C17H16F4. The van der Waals surface area contributed by atoms with Gasteiger partial charge in [-0.25, -0.2) is 4.39 Å². The number of halogens is 4. The van der Waals surface area contributed by atoms with E-state index in [2.05, 4.69) is 0 Å². The van der Waals surface area contributed by atoms with Crippen molar-refractivity contribution in [3.8, 4) is 0 Å². The summed E-state index contributed by atoms with van der Waals surface area (Å²) in [4.78, 5) is 0. The molecule has 0 aromatic heterocycles. The second kappa shape index (κ2) is 6.29. The number of rotatable bonds is 4. The minimum absolute atomic E-state index is 0.229. The Hall–Kier alpha value is -1.84. The molecule has 0 saturated heterocycles. The fourth-order valence-electron chi connectivity index (χ4n) is 2.24. The van der Waals surface area contributed by atoms with Crippen molar-refractivity contribution in [3.63, 3.8) is 0 Å². The third-order valence-corrected chi connectivity index (χ3v) is 3.39. The molecule has 0 nitrogen and oxygen atoms in total. The van der Waals surface area contributed by atoms with Gasteiger partial charge in [-0.3, -0.25) is 0 Å². The van der Waals surface area contributed by atoms with E-state index in [0.29, 0.717) is 24.8 Å². The van der Waals surface area contributed by atoms with Gasteiger partial charge in [-0.1, -0.05) is 29.8 Å². The van der Waals surface area contributed by atoms with Gasteiger partial charge in [0, 0.05) is 0 Å². The zero-order chi connectivity index (χ0) is 15.5. The van der Waals surface area contributed by atoms with Crippen LogP contribution in [0.2, 0.25) is 0 Å². The van der Waals surface area contributed by atoms with E-state index in [-0.39, 0.29) is 5.82 Å². The molecule has 4 heteroatoms. The smallest absolute Gasteiger partial charge is 0.207 e. The Morgan fingerprint density at radius 1 is 0.905 bits per heavy atom. The highest BCUT2D eigenvalue weighted by atomic mass is 19.4. The Kier molecular flexibility index (Phi) is 4.66. The van der Waals surface area contributed by atoms with Crippen LogP contribution >= 0.6 is 0 Å². The van der Waals surface area contributed by atoms with Gasteiger partial charge in [0.05, 0.1) is 5.56 Å². The molecule has 21 heavy (non-hydrogen) atoms. The Balaban J connectivity index is 1.93. The van der Waals surface area contributed by atoms with E-state index in [9.17, 15) is 17.6 Å². The summed E-state index contributed by atoms with van der Waals surface area (Å²) in [6.45, 7) is 1.90. The lowest BCUT2D eigenvalue weighted by Gasteiger charge is -2.08. The molecule has 0 saturated carbocycles. The SMILES string of the molecule is Cc1ccc(F)c(CCCc2ccc(C(F)(F)F)cc2)c1. The second-order valence-corrected chi connectivity index (χ2v) is 5.14. The molecule has 0 heterocycles. The van der Waals surface area contributed by atoms with Crippen LogP contribution in [0.1, 0.15) is 28.7 Å².